The SMILES string of the molecule is CNC(=O)CCNC(=O)c1ccc(O)c(Cl)c1. The summed E-state index contributed by atoms with van der Waals surface area (Å²) in [7, 11) is 1.53. The number of aromatic hydroxyl groups is 1. The number of rotatable bonds is 4. The van der Waals surface area contributed by atoms with Crippen molar-refractivity contribution >= 4 is 23.4 Å². The number of phenolic OH excluding ortho intramolecular Hbond substituents is 1. The fourth-order valence-electron chi connectivity index (χ4n) is 1.16. The lowest BCUT2D eigenvalue weighted by atomic mass is 10.2. The van der Waals surface area contributed by atoms with E-state index in [1.165, 1.54) is 25.2 Å². The molecule has 0 heterocycles. The first-order valence-electron chi connectivity index (χ1n) is 5.02. The Bertz CT molecular complexity index is 435. The monoisotopic (exact) mass is 256 g/mol. The van der Waals surface area contributed by atoms with E-state index in [0.717, 1.165) is 0 Å². The molecular formula is C11H13ClN2O3. The van der Waals surface area contributed by atoms with Gasteiger partial charge in [0.15, 0.2) is 0 Å². The summed E-state index contributed by atoms with van der Waals surface area (Å²) in [5.74, 6) is -0.557. The van der Waals surface area contributed by atoms with Crippen molar-refractivity contribution in [1.82, 2.24) is 10.6 Å². The predicted octanol–water partition coefficient (Wildman–Crippen LogP) is 0.911. The number of halogens is 1. The standard InChI is InChI=1S/C11H13ClN2O3/c1-13-10(16)4-5-14-11(17)7-2-3-9(15)8(12)6-7/h2-3,6,15H,4-5H2,1H3,(H,13,16)(H,14,17). The number of hydrogen-bond donors (Lipinski definition) is 3. The maximum Gasteiger partial charge on any atom is 0.251 e. The minimum Gasteiger partial charge on any atom is -0.506 e. The van der Waals surface area contributed by atoms with Crippen LogP contribution >= 0.6 is 11.6 Å². The van der Waals surface area contributed by atoms with Crippen molar-refractivity contribution in [3.8, 4) is 5.75 Å². The summed E-state index contributed by atoms with van der Waals surface area (Å²) in [6, 6.07) is 4.17. The van der Waals surface area contributed by atoms with Crippen molar-refractivity contribution in [2.45, 2.75) is 6.42 Å². The maximum atomic E-state index is 11.6. The van der Waals surface area contributed by atoms with E-state index >= 15 is 0 Å². The van der Waals surface area contributed by atoms with Crippen LogP contribution in [-0.2, 0) is 4.79 Å². The Morgan fingerprint density at radius 2 is 2.12 bits per heavy atom. The van der Waals surface area contributed by atoms with Gasteiger partial charge in [-0.15, -0.1) is 0 Å². The average Bonchev–Trinajstić information content (AvgIpc) is 2.32. The van der Waals surface area contributed by atoms with Gasteiger partial charge in [-0.05, 0) is 18.2 Å². The molecule has 0 saturated carbocycles. The molecule has 0 saturated heterocycles. The second kappa shape index (κ2) is 6.10. The zero-order valence-electron chi connectivity index (χ0n) is 9.29. The minimum absolute atomic E-state index is 0.0754. The second-order valence-electron chi connectivity index (χ2n) is 3.35. The molecule has 92 valence electrons. The molecule has 0 bridgehead atoms. The van der Waals surface area contributed by atoms with Gasteiger partial charge in [0.05, 0.1) is 5.02 Å². The normalized spacial score (nSPS) is 9.76. The van der Waals surface area contributed by atoms with Crippen molar-refractivity contribution in [3.63, 3.8) is 0 Å². The topological polar surface area (TPSA) is 78.4 Å². The molecule has 0 aromatic heterocycles. The van der Waals surface area contributed by atoms with Gasteiger partial charge >= 0.3 is 0 Å². The Balaban J connectivity index is 2.52. The highest BCUT2D eigenvalue weighted by molar-refractivity contribution is 6.32. The molecule has 0 fully saturated rings. The average molecular weight is 257 g/mol. The van der Waals surface area contributed by atoms with E-state index in [-0.39, 0.29) is 35.6 Å². The molecule has 3 N–H and O–H groups in total. The number of carbonyl (C=O) groups is 2. The molecule has 17 heavy (non-hydrogen) atoms. The van der Waals surface area contributed by atoms with Gasteiger partial charge in [-0.3, -0.25) is 9.59 Å². The van der Waals surface area contributed by atoms with Crippen molar-refractivity contribution < 1.29 is 14.7 Å². The number of carbonyl (C=O) groups excluding carboxylic acids is 2. The first kappa shape index (κ1) is 13.3. The van der Waals surface area contributed by atoms with Crippen LogP contribution in [0.4, 0.5) is 0 Å². The first-order chi connectivity index (χ1) is 8.04. The summed E-state index contributed by atoms with van der Waals surface area (Å²) in [5, 5.41) is 14.3. The molecule has 0 aliphatic heterocycles. The van der Waals surface area contributed by atoms with Crippen LogP contribution in [0.15, 0.2) is 18.2 Å². The highest BCUT2D eigenvalue weighted by Crippen LogP contribution is 2.23. The number of phenols is 1. The highest BCUT2D eigenvalue weighted by atomic mass is 35.5. The summed E-state index contributed by atoms with van der Waals surface area (Å²) in [6.07, 6.45) is 0.216. The molecule has 1 aromatic rings. The van der Waals surface area contributed by atoms with Crippen LogP contribution in [0.1, 0.15) is 16.8 Å². The molecule has 6 heteroatoms. The van der Waals surface area contributed by atoms with Crippen molar-refractivity contribution in [2.24, 2.45) is 0 Å². The van der Waals surface area contributed by atoms with Crippen molar-refractivity contribution in [1.29, 1.82) is 0 Å². The van der Waals surface area contributed by atoms with E-state index < -0.39 is 0 Å². The molecular weight excluding hydrogens is 244 g/mol. The lowest BCUT2D eigenvalue weighted by Crippen LogP contribution is -2.29. The lowest BCUT2D eigenvalue weighted by Gasteiger charge is -2.05. The van der Waals surface area contributed by atoms with E-state index in [1.54, 1.807) is 0 Å². The van der Waals surface area contributed by atoms with Gasteiger partial charge in [0, 0.05) is 25.6 Å². The number of amides is 2. The lowest BCUT2D eigenvalue weighted by molar-refractivity contribution is -0.120. The molecule has 0 unspecified atom stereocenters. The van der Waals surface area contributed by atoms with E-state index in [9.17, 15) is 14.7 Å². The Hall–Kier alpha value is -1.75. The summed E-state index contributed by atoms with van der Waals surface area (Å²) in [5.41, 5.74) is 0.338. The van der Waals surface area contributed by atoms with Crippen LogP contribution in [0.2, 0.25) is 5.02 Å². The third-order valence-electron chi connectivity index (χ3n) is 2.13. The smallest absolute Gasteiger partial charge is 0.251 e. The summed E-state index contributed by atoms with van der Waals surface area (Å²) < 4.78 is 0. The Labute approximate surface area is 104 Å². The first-order valence-corrected chi connectivity index (χ1v) is 5.39. The van der Waals surface area contributed by atoms with Crippen LogP contribution in [0.3, 0.4) is 0 Å². The number of nitrogens with one attached hydrogen (secondary N) is 2. The molecule has 1 aromatic carbocycles. The molecule has 0 atom stereocenters. The van der Waals surface area contributed by atoms with Gasteiger partial charge in [0.2, 0.25) is 5.91 Å². The fourth-order valence-corrected chi connectivity index (χ4v) is 1.35. The second-order valence-corrected chi connectivity index (χ2v) is 3.75. The van der Waals surface area contributed by atoms with E-state index in [4.69, 9.17) is 11.6 Å². The van der Waals surface area contributed by atoms with Gasteiger partial charge in [-0.2, -0.15) is 0 Å². The molecule has 0 aliphatic carbocycles. The Kier molecular flexibility index (Phi) is 4.78. The van der Waals surface area contributed by atoms with E-state index in [1.807, 2.05) is 0 Å². The third-order valence-corrected chi connectivity index (χ3v) is 2.43. The summed E-state index contributed by atoms with van der Waals surface area (Å²) >= 11 is 5.67. The van der Waals surface area contributed by atoms with Gasteiger partial charge in [-0.1, -0.05) is 11.6 Å². The predicted molar refractivity (Wildman–Crippen MR) is 64.1 cm³/mol. The van der Waals surface area contributed by atoms with Gasteiger partial charge in [0.1, 0.15) is 5.75 Å². The van der Waals surface area contributed by atoms with E-state index in [2.05, 4.69) is 10.6 Å². The van der Waals surface area contributed by atoms with Crippen LogP contribution in [0, 0.1) is 0 Å². The van der Waals surface area contributed by atoms with Crippen molar-refractivity contribution in [3.05, 3.63) is 28.8 Å². The van der Waals surface area contributed by atoms with Gasteiger partial charge in [0.25, 0.3) is 5.91 Å². The van der Waals surface area contributed by atoms with Crippen LogP contribution in [0.25, 0.3) is 0 Å². The molecule has 1 rings (SSSR count). The largest absolute Gasteiger partial charge is 0.506 e. The van der Waals surface area contributed by atoms with Crippen LogP contribution in [-0.4, -0.2) is 30.5 Å². The molecule has 5 nitrogen and oxygen atoms in total. The Morgan fingerprint density at radius 1 is 1.41 bits per heavy atom. The zero-order chi connectivity index (χ0) is 12.8. The molecule has 0 aliphatic rings. The minimum atomic E-state index is -0.337. The third kappa shape index (κ3) is 3.96. The fraction of sp³-hybridized carbons (Fsp3) is 0.273. The van der Waals surface area contributed by atoms with Crippen LogP contribution < -0.4 is 10.6 Å². The summed E-state index contributed by atoms with van der Waals surface area (Å²) in [6.45, 7) is 0.247. The number of benzene rings is 1. The Morgan fingerprint density at radius 3 is 2.71 bits per heavy atom. The van der Waals surface area contributed by atoms with Gasteiger partial charge in [-0.25, -0.2) is 0 Å². The number of hydrogen-bond acceptors (Lipinski definition) is 3. The van der Waals surface area contributed by atoms with Gasteiger partial charge < -0.3 is 15.7 Å². The molecule has 0 radical (unpaired) electrons. The van der Waals surface area contributed by atoms with E-state index in [0.29, 0.717) is 5.56 Å². The molecule has 2 amide bonds. The zero-order valence-corrected chi connectivity index (χ0v) is 10.0. The maximum absolute atomic E-state index is 11.6. The quantitative estimate of drug-likeness (QED) is 0.749. The van der Waals surface area contributed by atoms with Crippen LogP contribution in [0.5, 0.6) is 5.75 Å². The highest BCUT2D eigenvalue weighted by Gasteiger charge is 2.08. The molecule has 0 spiro atoms. The summed E-state index contributed by atoms with van der Waals surface area (Å²) in [4.78, 5) is 22.5. The van der Waals surface area contributed by atoms with Crippen molar-refractivity contribution in [2.75, 3.05) is 13.6 Å².